The van der Waals surface area contributed by atoms with Crippen molar-refractivity contribution in [2.24, 2.45) is 0 Å². The molecule has 0 aliphatic carbocycles. The van der Waals surface area contributed by atoms with E-state index in [2.05, 4.69) is 22.4 Å². The minimum absolute atomic E-state index is 0.140. The zero-order valence-electron chi connectivity index (χ0n) is 18.7. The molecule has 0 spiro atoms. The van der Waals surface area contributed by atoms with Gasteiger partial charge in [-0.25, -0.2) is 4.98 Å². The van der Waals surface area contributed by atoms with Gasteiger partial charge in [-0.2, -0.15) is 5.10 Å². The highest BCUT2D eigenvalue weighted by molar-refractivity contribution is 5.92. The van der Waals surface area contributed by atoms with Gasteiger partial charge in [-0.3, -0.25) is 9.48 Å². The van der Waals surface area contributed by atoms with Crippen molar-refractivity contribution in [3.63, 3.8) is 0 Å². The molecule has 2 aromatic carbocycles. The summed E-state index contributed by atoms with van der Waals surface area (Å²) in [6.07, 6.45) is 10.0. The number of carbonyl (C=O) groups is 1. The third kappa shape index (κ3) is 5.13. The molecule has 6 nitrogen and oxygen atoms in total. The summed E-state index contributed by atoms with van der Waals surface area (Å²) in [5.74, 6) is -0.140. The Morgan fingerprint density at radius 1 is 0.912 bits per heavy atom. The Morgan fingerprint density at radius 3 is 2.47 bits per heavy atom. The first-order valence-corrected chi connectivity index (χ1v) is 11.3. The Bertz CT molecular complexity index is 1380. The fourth-order valence-corrected chi connectivity index (χ4v) is 3.88. The summed E-state index contributed by atoms with van der Waals surface area (Å²) in [6, 6.07) is 26.1. The Kier molecular flexibility index (Phi) is 6.29. The summed E-state index contributed by atoms with van der Waals surface area (Å²) in [5, 5.41) is 7.75. The van der Waals surface area contributed by atoms with Crippen LogP contribution in [0.1, 0.15) is 16.8 Å². The van der Waals surface area contributed by atoms with E-state index in [1.807, 2.05) is 100 Å². The molecule has 1 N–H and O–H groups in total. The molecule has 0 aliphatic heterocycles. The van der Waals surface area contributed by atoms with Crippen LogP contribution >= 0.6 is 0 Å². The number of nitrogens with one attached hydrogen (secondary N) is 1. The number of imidazole rings is 1. The monoisotopic (exact) mass is 447 g/mol. The van der Waals surface area contributed by atoms with E-state index in [1.54, 1.807) is 6.08 Å². The van der Waals surface area contributed by atoms with Gasteiger partial charge >= 0.3 is 0 Å². The van der Waals surface area contributed by atoms with Crippen molar-refractivity contribution in [1.82, 2.24) is 24.5 Å². The van der Waals surface area contributed by atoms with Gasteiger partial charge in [0.2, 0.25) is 5.91 Å². The summed E-state index contributed by atoms with van der Waals surface area (Å²) in [4.78, 5) is 17.0. The molecule has 0 bridgehead atoms. The van der Waals surface area contributed by atoms with Gasteiger partial charge in [0.1, 0.15) is 5.65 Å². The van der Waals surface area contributed by atoms with Crippen LogP contribution in [-0.4, -0.2) is 31.6 Å². The number of hydrogen-bond acceptors (Lipinski definition) is 3. The lowest BCUT2D eigenvalue weighted by Gasteiger charge is -2.01. The lowest BCUT2D eigenvalue weighted by molar-refractivity contribution is -0.116. The van der Waals surface area contributed by atoms with Gasteiger partial charge in [-0.05, 0) is 23.8 Å². The third-order valence-electron chi connectivity index (χ3n) is 5.53. The molecule has 0 radical (unpaired) electrons. The highest BCUT2D eigenvalue weighted by atomic mass is 16.1. The highest BCUT2D eigenvalue weighted by Crippen LogP contribution is 2.23. The van der Waals surface area contributed by atoms with Crippen LogP contribution in [0, 0.1) is 0 Å². The topological polar surface area (TPSA) is 64.2 Å². The van der Waals surface area contributed by atoms with Crippen LogP contribution in [0.4, 0.5) is 0 Å². The van der Waals surface area contributed by atoms with Gasteiger partial charge in [-0.15, -0.1) is 0 Å². The molecule has 1 amide bonds. The molecular weight excluding hydrogens is 422 g/mol. The number of rotatable bonds is 8. The maximum atomic E-state index is 12.5. The number of hydrogen-bond donors (Lipinski definition) is 1. The van der Waals surface area contributed by atoms with E-state index in [1.165, 1.54) is 5.56 Å². The number of aromatic nitrogens is 4. The molecule has 0 fully saturated rings. The fraction of sp³-hybridized carbons (Fsp3) is 0.107. The Labute approximate surface area is 198 Å². The summed E-state index contributed by atoms with van der Waals surface area (Å²) in [6.45, 7) is 1.19. The number of fused-ring (bicyclic) bond motifs is 1. The number of pyridine rings is 1. The number of amides is 1. The molecule has 3 heterocycles. The first-order chi connectivity index (χ1) is 16.7. The number of carbonyl (C=O) groups excluding carboxylic acids is 1. The van der Waals surface area contributed by atoms with Gasteiger partial charge in [0.05, 0.1) is 17.9 Å². The standard InChI is InChI=1S/C28H25N5O/c34-27(29-17-16-25-21-32-18-8-7-13-26(32)30-25)15-14-24-20-33(19-22-9-3-1-4-10-22)31-28(24)23-11-5-2-6-12-23/h1-15,18,20-21H,16-17,19H2,(H,29,34)/b15-14+. The lowest BCUT2D eigenvalue weighted by atomic mass is 10.1. The van der Waals surface area contributed by atoms with Gasteiger partial charge in [0, 0.05) is 48.8 Å². The van der Waals surface area contributed by atoms with E-state index in [0.717, 1.165) is 28.2 Å². The van der Waals surface area contributed by atoms with Crippen molar-refractivity contribution >= 4 is 17.6 Å². The second-order valence-corrected chi connectivity index (χ2v) is 8.05. The fourth-order valence-electron chi connectivity index (χ4n) is 3.88. The molecule has 0 saturated heterocycles. The van der Waals surface area contributed by atoms with Crippen molar-refractivity contribution in [2.75, 3.05) is 6.54 Å². The minimum Gasteiger partial charge on any atom is -0.352 e. The zero-order valence-corrected chi connectivity index (χ0v) is 18.7. The average Bonchev–Trinajstić information content (AvgIpc) is 3.47. The van der Waals surface area contributed by atoms with Gasteiger partial charge in [0.15, 0.2) is 0 Å². The normalized spacial score (nSPS) is 11.3. The molecular formula is C28H25N5O. The summed E-state index contributed by atoms with van der Waals surface area (Å²) < 4.78 is 3.90. The molecule has 6 heteroatoms. The number of nitrogens with zero attached hydrogens (tertiary/aromatic N) is 4. The lowest BCUT2D eigenvalue weighted by Crippen LogP contribution is -2.23. The second kappa shape index (κ2) is 10.0. The summed E-state index contributed by atoms with van der Waals surface area (Å²) >= 11 is 0. The third-order valence-corrected chi connectivity index (χ3v) is 5.53. The summed E-state index contributed by atoms with van der Waals surface area (Å²) in [5.41, 5.74) is 5.79. The molecule has 0 saturated carbocycles. The van der Waals surface area contributed by atoms with E-state index in [4.69, 9.17) is 5.10 Å². The Balaban J connectivity index is 1.27. The molecule has 168 valence electrons. The average molecular weight is 448 g/mol. The second-order valence-electron chi connectivity index (χ2n) is 8.05. The first-order valence-electron chi connectivity index (χ1n) is 11.3. The Morgan fingerprint density at radius 2 is 1.68 bits per heavy atom. The van der Waals surface area contributed by atoms with Crippen molar-refractivity contribution in [2.45, 2.75) is 13.0 Å². The predicted molar refractivity (Wildman–Crippen MR) is 134 cm³/mol. The largest absolute Gasteiger partial charge is 0.352 e. The van der Waals surface area contributed by atoms with E-state index in [0.29, 0.717) is 19.5 Å². The SMILES string of the molecule is O=C(/C=C/c1cn(Cc2ccccc2)nc1-c1ccccc1)NCCc1cn2ccccc2n1. The van der Waals surface area contributed by atoms with Gasteiger partial charge in [-0.1, -0.05) is 66.7 Å². The van der Waals surface area contributed by atoms with Crippen LogP contribution < -0.4 is 5.32 Å². The highest BCUT2D eigenvalue weighted by Gasteiger charge is 2.10. The van der Waals surface area contributed by atoms with E-state index in [9.17, 15) is 4.79 Å². The van der Waals surface area contributed by atoms with Crippen molar-refractivity contribution < 1.29 is 4.79 Å². The van der Waals surface area contributed by atoms with Crippen molar-refractivity contribution in [3.8, 4) is 11.3 Å². The van der Waals surface area contributed by atoms with Crippen LogP contribution in [0.25, 0.3) is 23.0 Å². The van der Waals surface area contributed by atoms with E-state index >= 15 is 0 Å². The van der Waals surface area contributed by atoms with Crippen LogP contribution in [0.3, 0.4) is 0 Å². The predicted octanol–water partition coefficient (Wildman–Crippen LogP) is 4.62. The molecule has 3 aromatic heterocycles. The minimum atomic E-state index is -0.140. The molecule has 0 aliphatic rings. The van der Waals surface area contributed by atoms with E-state index < -0.39 is 0 Å². The molecule has 5 rings (SSSR count). The van der Waals surface area contributed by atoms with Crippen LogP contribution in [0.2, 0.25) is 0 Å². The van der Waals surface area contributed by atoms with E-state index in [-0.39, 0.29) is 5.91 Å². The first kappa shape index (κ1) is 21.4. The maximum absolute atomic E-state index is 12.5. The number of benzene rings is 2. The van der Waals surface area contributed by atoms with Crippen molar-refractivity contribution in [1.29, 1.82) is 0 Å². The molecule has 5 aromatic rings. The molecule has 0 unspecified atom stereocenters. The maximum Gasteiger partial charge on any atom is 0.244 e. The quantitative estimate of drug-likeness (QED) is 0.353. The zero-order chi connectivity index (χ0) is 23.2. The van der Waals surface area contributed by atoms with Crippen LogP contribution in [0.5, 0.6) is 0 Å². The van der Waals surface area contributed by atoms with Crippen LogP contribution in [-0.2, 0) is 17.8 Å². The molecule has 0 atom stereocenters. The molecule has 34 heavy (non-hydrogen) atoms. The van der Waals surface area contributed by atoms with Crippen molar-refractivity contribution in [3.05, 3.63) is 120 Å². The Hall–Kier alpha value is -4.45. The smallest absolute Gasteiger partial charge is 0.244 e. The summed E-state index contributed by atoms with van der Waals surface area (Å²) in [7, 11) is 0. The van der Waals surface area contributed by atoms with Gasteiger partial charge in [0.25, 0.3) is 0 Å². The van der Waals surface area contributed by atoms with Crippen LogP contribution in [0.15, 0.2) is 104 Å². The van der Waals surface area contributed by atoms with Gasteiger partial charge < -0.3 is 9.72 Å².